The number of benzene rings is 3. The summed E-state index contributed by atoms with van der Waals surface area (Å²) in [6.45, 7) is 0.0526. The first-order valence-electron chi connectivity index (χ1n) is 10.7. The minimum atomic E-state index is -0.493. The van der Waals surface area contributed by atoms with Crippen molar-refractivity contribution in [2.45, 2.75) is 11.7 Å². The fourth-order valence-electron chi connectivity index (χ4n) is 3.25. The van der Waals surface area contributed by atoms with Crippen molar-refractivity contribution >= 4 is 45.2 Å². The predicted octanol–water partition coefficient (Wildman–Crippen LogP) is 4.84. The van der Waals surface area contributed by atoms with E-state index in [1.165, 1.54) is 30.0 Å². The summed E-state index contributed by atoms with van der Waals surface area (Å²) in [5.41, 5.74) is 1.61. The number of rotatable bonds is 9. The molecule has 4 aromatic rings. The van der Waals surface area contributed by atoms with Gasteiger partial charge < -0.3 is 15.4 Å². The number of halogens is 2. The lowest BCUT2D eigenvalue weighted by atomic mass is 10.2. The van der Waals surface area contributed by atoms with Crippen LogP contribution in [-0.4, -0.2) is 39.4 Å². The lowest BCUT2D eigenvalue weighted by Gasteiger charge is -2.11. The molecule has 3 aromatic carbocycles. The Bertz CT molecular complexity index is 1360. The van der Waals surface area contributed by atoms with Crippen LogP contribution < -0.4 is 15.4 Å². The molecule has 184 valence electrons. The van der Waals surface area contributed by atoms with Crippen molar-refractivity contribution in [2.24, 2.45) is 0 Å². The molecule has 0 fully saturated rings. The van der Waals surface area contributed by atoms with E-state index in [0.29, 0.717) is 22.4 Å². The van der Waals surface area contributed by atoms with Crippen LogP contribution in [-0.2, 0) is 11.3 Å². The Morgan fingerprint density at radius 3 is 2.50 bits per heavy atom. The Labute approximate surface area is 219 Å². The summed E-state index contributed by atoms with van der Waals surface area (Å²) in [6.07, 6.45) is 0. The number of hydrogen-bond donors (Lipinski definition) is 2. The van der Waals surface area contributed by atoms with Crippen LogP contribution in [0, 0.1) is 5.82 Å². The minimum absolute atomic E-state index is 0.0526. The third-order valence-corrected chi connectivity index (χ3v) is 6.44. The highest BCUT2D eigenvalue weighted by atomic mass is 79.9. The molecule has 0 saturated carbocycles. The van der Waals surface area contributed by atoms with Crippen molar-refractivity contribution < 1.29 is 18.7 Å². The average molecular weight is 570 g/mol. The highest BCUT2D eigenvalue weighted by molar-refractivity contribution is 9.10. The molecular weight excluding hydrogens is 549 g/mol. The molecule has 2 amide bonds. The Hall–Kier alpha value is -3.70. The Morgan fingerprint density at radius 2 is 1.81 bits per heavy atom. The van der Waals surface area contributed by atoms with Gasteiger partial charge in [0.15, 0.2) is 11.0 Å². The number of thioether (sulfide) groups is 1. The highest BCUT2D eigenvalue weighted by Crippen LogP contribution is 2.24. The quantitative estimate of drug-likeness (QED) is 0.280. The van der Waals surface area contributed by atoms with Crippen LogP contribution in [0.1, 0.15) is 16.2 Å². The molecule has 1 aromatic heterocycles. The molecule has 4 rings (SSSR count). The van der Waals surface area contributed by atoms with Gasteiger partial charge in [0, 0.05) is 21.4 Å². The van der Waals surface area contributed by atoms with Crippen molar-refractivity contribution in [2.75, 3.05) is 18.2 Å². The van der Waals surface area contributed by atoms with Crippen molar-refractivity contribution in [3.05, 3.63) is 94.5 Å². The lowest BCUT2D eigenvalue weighted by Crippen LogP contribution is -2.24. The van der Waals surface area contributed by atoms with Crippen LogP contribution in [0.2, 0.25) is 0 Å². The predicted molar refractivity (Wildman–Crippen MR) is 139 cm³/mol. The number of carbonyl (C=O) groups excluding carboxylic acids is 2. The molecule has 0 aliphatic heterocycles. The zero-order valence-electron chi connectivity index (χ0n) is 19.1. The second-order valence-electron chi connectivity index (χ2n) is 7.47. The molecular formula is C25H21BrFN5O3S. The van der Waals surface area contributed by atoms with Crippen molar-refractivity contribution in [3.63, 3.8) is 0 Å². The minimum Gasteiger partial charge on any atom is -0.497 e. The molecule has 0 saturated heterocycles. The average Bonchev–Trinajstić information content (AvgIpc) is 3.29. The Balaban J connectivity index is 1.48. The van der Waals surface area contributed by atoms with Gasteiger partial charge in [0.2, 0.25) is 5.91 Å². The molecule has 36 heavy (non-hydrogen) atoms. The first kappa shape index (κ1) is 25.4. The number of nitrogens with one attached hydrogen (secondary N) is 2. The standard InChI is InChI=1S/C25H21BrFN5O3S/c1-35-21-11-7-19(8-12-21)29-23(33)15-36-25-31-30-22(32(25)20-9-5-17(26)6-10-20)14-28-24(34)16-3-2-4-18(27)13-16/h2-13H,14-15H2,1H3,(H,28,34)(H,29,33). The van der Waals surface area contributed by atoms with E-state index < -0.39 is 11.7 Å². The number of anilines is 1. The molecule has 11 heteroatoms. The van der Waals surface area contributed by atoms with Crippen molar-refractivity contribution in [1.29, 1.82) is 0 Å². The molecule has 0 aliphatic rings. The number of methoxy groups -OCH3 is 1. The third kappa shape index (κ3) is 6.49. The van der Waals surface area contributed by atoms with Gasteiger partial charge in [0.05, 0.1) is 19.4 Å². The normalized spacial score (nSPS) is 10.6. The van der Waals surface area contributed by atoms with E-state index in [1.54, 1.807) is 35.9 Å². The number of carbonyl (C=O) groups is 2. The van der Waals surface area contributed by atoms with Crippen LogP contribution in [0.5, 0.6) is 5.75 Å². The van der Waals surface area contributed by atoms with Crippen molar-refractivity contribution in [3.8, 4) is 11.4 Å². The topological polar surface area (TPSA) is 98.1 Å². The Kier molecular flexibility index (Phi) is 8.34. The summed E-state index contributed by atoms with van der Waals surface area (Å²) in [4.78, 5) is 25.0. The fourth-order valence-corrected chi connectivity index (χ4v) is 4.29. The van der Waals surface area contributed by atoms with Crippen molar-refractivity contribution in [1.82, 2.24) is 20.1 Å². The highest BCUT2D eigenvalue weighted by Gasteiger charge is 2.17. The maximum atomic E-state index is 13.5. The van der Waals surface area contributed by atoms with Crippen LogP contribution in [0.25, 0.3) is 5.69 Å². The van der Waals surface area contributed by atoms with Crippen LogP contribution in [0.15, 0.2) is 82.4 Å². The van der Waals surface area contributed by atoms with E-state index in [2.05, 4.69) is 36.8 Å². The van der Waals surface area contributed by atoms with Gasteiger partial charge in [-0.05, 0) is 66.7 Å². The smallest absolute Gasteiger partial charge is 0.251 e. The molecule has 0 atom stereocenters. The molecule has 2 N–H and O–H groups in total. The molecule has 0 bridgehead atoms. The van der Waals surface area contributed by atoms with E-state index in [4.69, 9.17) is 4.74 Å². The van der Waals surface area contributed by atoms with Crippen LogP contribution >= 0.6 is 27.7 Å². The number of ether oxygens (including phenoxy) is 1. The first-order chi connectivity index (χ1) is 17.4. The lowest BCUT2D eigenvalue weighted by molar-refractivity contribution is -0.113. The van der Waals surface area contributed by atoms with E-state index in [1.807, 2.05) is 24.3 Å². The van der Waals surface area contributed by atoms with Gasteiger partial charge >= 0.3 is 0 Å². The second-order valence-corrected chi connectivity index (χ2v) is 9.33. The van der Waals surface area contributed by atoms with Gasteiger partial charge in [-0.15, -0.1) is 10.2 Å². The zero-order valence-corrected chi connectivity index (χ0v) is 21.5. The van der Waals surface area contributed by atoms with Gasteiger partial charge in [-0.1, -0.05) is 33.8 Å². The first-order valence-corrected chi connectivity index (χ1v) is 12.5. The molecule has 1 heterocycles. The van der Waals surface area contributed by atoms with Gasteiger partial charge in [0.1, 0.15) is 11.6 Å². The van der Waals surface area contributed by atoms with Gasteiger partial charge in [-0.2, -0.15) is 0 Å². The number of amides is 2. The SMILES string of the molecule is COc1ccc(NC(=O)CSc2nnc(CNC(=O)c3cccc(F)c3)n2-c2ccc(Br)cc2)cc1. The number of nitrogens with zero attached hydrogens (tertiary/aromatic N) is 3. The summed E-state index contributed by atoms with van der Waals surface area (Å²) in [6, 6.07) is 19.9. The maximum absolute atomic E-state index is 13.5. The molecule has 0 radical (unpaired) electrons. The van der Waals surface area contributed by atoms with E-state index in [0.717, 1.165) is 16.2 Å². The van der Waals surface area contributed by atoms with E-state index in [9.17, 15) is 14.0 Å². The summed E-state index contributed by atoms with van der Waals surface area (Å²) in [5, 5.41) is 14.5. The van der Waals surface area contributed by atoms with Gasteiger partial charge in [-0.25, -0.2) is 4.39 Å². The summed E-state index contributed by atoms with van der Waals surface area (Å²) >= 11 is 4.64. The largest absolute Gasteiger partial charge is 0.497 e. The summed E-state index contributed by atoms with van der Waals surface area (Å²) in [7, 11) is 1.58. The number of aromatic nitrogens is 3. The second kappa shape index (κ2) is 11.8. The molecule has 8 nitrogen and oxygen atoms in total. The van der Waals surface area contributed by atoms with Crippen LogP contribution in [0.3, 0.4) is 0 Å². The van der Waals surface area contributed by atoms with Gasteiger partial charge in [-0.3, -0.25) is 14.2 Å². The summed E-state index contributed by atoms with van der Waals surface area (Å²) < 4.78 is 21.3. The monoisotopic (exact) mass is 569 g/mol. The fraction of sp³-hybridized carbons (Fsp3) is 0.120. The molecule has 0 unspecified atom stereocenters. The molecule has 0 aliphatic carbocycles. The van der Waals surface area contributed by atoms with Crippen LogP contribution in [0.4, 0.5) is 10.1 Å². The molecule has 0 spiro atoms. The number of hydrogen-bond acceptors (Lipinski definition) is 6. The Morgan fingerprint density at radius 1 is 1.06 bits per heavy atom. The van der Waals surface area contributed by atoms with Gasteiger partial charge in [0.25, 0.3) is 5.91 Å². The third-order valence-electron chi connectivity index (χ3n) is 4.99. The zero-order chi connectivity index (χ0) is 25.5. The summed E-state index contributed by atoms with van der Waals surface area (Å²) in [5.74, 6) is 0.106. The maximum Gasteiger partial charge on any atom is 0.251 e. The van der Waals surface area contributed by atoms with E-state index >= 15 is 0 Å². The van der Waals surface area contributed by atoms with E-state index in [-0.39, 0.29) is 23.8 Å².